The molecule has 0 saturated heterocycles. The Morgan fingerprint density at radius 2 is 2.04 bits per heavy atom. The number of fused-ring (bicyclic) bond motifs is 5. The van der Waals surface area contributed by atoms with Crippen LogP contribution in [0.4, 0.5) is 0 Å². The van der Waals surface area contributed by atoms with E-state index in [4.69, 9.17) is 10.1 Å². The van der Waals surface area contributed by atoms with E-state index in [2.05, 4.69) is 6.58 Å². The van der Waals surface area contributed by atoms with Crippen molar-refractivity contribution in [3.8, 4) is 0 Å². The summed E-state index contributed by atoms with van der Waals surface area (Å²) in [4.78, 5) is 20.5. The van der Waals surface area contributed by atoms with Crippen molar-refractivity contribution in [2.24, 2.45) is 0 Å². The molecule has 0 saturated carbocycles. The summed E-state index contributed by atoms with van der Waals surface area (Å²) in [6.07, 6.45) is 6.22. The second-order valence-electron chi connectivity index (χ2n) is 6.97. The van der Waals surface area contributed by atoms with E-state index >= 15 is 0 Å². The van der Waals surface area contributed by atoms with Crippen LogP contribution in [-0.4, -0.2) is 24.9 Å². The maximum Gasteiger partial charge on any atom is 0.264 e. The summed E-state index contributed by atoms with van der Waals surface area (Å²) in [5.74, 6) is 1.36. The zero-order chi connectivity index (χ0) is 19.1. The number of thiophene rings is 1. The molecule has 28 heavy (non-hydrogen) atoms. The summed E-state index contributed by atoms with van der Waals surface area (Å²) >= 11 is 3.25. The first kappa shape index (κ1) is 17.7. The fraction of sp³-hybridized carbons (Fsp3) is 0.286. The normalized spacial score (nSPS) is 13.9. The van der Waals surface area contributed by atoms with E-state index in [9.17, 15) is 4.79 Å². The van der Waals surface area contributed by atoms with Gasteiger partial charge in [-0.2, -0.15) is 9.50 Å². The van der Waals surface area contributed by atoms with Crippen LogP contribution in [0.15, 0.2) is 52.9 Å². The number of nitrogens with zero attached hydrogens (tertiary/aromatic N) is 4. The van der Waals surface area contributed by atoms with Crippen molar-refractivity contribution >= 4 is 39.1 Å². The third-order valence-electron chi connectivity index (χ3n) is 5.13. The van der Waals surface area contributed by atoms with Gasteiger partial charge in [-0.25, -0.2) is 0 Å². The third kappa shape index (κ3) is 2.89. The van der Waals surface area contributed by atoms with E-state index in [1.165, 1.54) is 28.6 Å². The second-order valence-corrected chi connectivity index (χ2v) is 9.04. The standard InChI is InChI=1S/C21H20N4OS2/c1-2-12-27-20-22-21-24(13-14-8-4-3-5-9-14)18(26)17-15-10-6-7-11-16(15)28-19(17)25(21)23-20/h2-5,8-9H,1,6-7,10-13H2. The van der Waals surface area contributed by atoms with Crippen molar-refractivity contribution < 1.29 is 0 Å². The predicted molar refractivity (Wildman–Crippen MR) is 116 cm³/mol. The summed E-state index contributed by atoms with van der Waals surface area (Å²) in [5, 5.41) is 6.26. The van der Waals surface area contributed by atoms with Gasteiger partial charge >= 0.3 is 0 Å². The Morgan fingerprint density at radius 1 is 1.21 bits per heavy atom. The Hall–Kier alpha value is -2.38. The molecule has 0 bridgehead atoms. The molecule has 1 aromatic carbocycles. The minimum absolute atomic E-state index is 0.0541. The van der Waals surface area contributed by atoms with Crippen molar-refractivity contribution in [1.29, 1.82) is 0 Å². The number of rotatable bonds is 5. The van der Waals surface area contributed by atoms with Crippen molar-refractivity contribution in [2.75, 3.05) is 5.75 Å². The second kappa shape index (κ2) is 7.22. The average molecular weight is 409 g/mol. The monoisotopic (exact) mass is 408 g/mol. The van der Waals surface area contributed by atoms with Crippen LogP contribution in [0.5, 0.6) is 0 Å². The molecule has 4 aromatic rings. The van der Waals surface area contributed by atoms with E-state index < -0.39 is 0 Å². The Bertz CT molecular complexity index is 1240. The quantitative estimate of drug-likeness (QED) is 0.365. The highest BCUT2D eigenvalue weighted by atomic mass is 32.2. The van der Waals surface area contributed by atoms with Crippen LogP contribution in [0.3, 0.4) is 0 Å². The molecular formula is C21H20N4OS2. The highest BCUT2D eigenvalue weighted by molar-refractivity contribution is 7.99. The number of benzene rings is 1. The molecule has 142 valence electrons. The van der Waals surface area contributed by atoms with Crippen molar-refractivity contribution in [3.63, 3.8) is 0 Å². The zero-order valence-corrected chi connectivity index (χ0v) is 17.1. The third-order valence-corrected chi connectivity index (χ3v) is 7.23. The Labute approximate surface area is 170 Å². The lowest BCUT2D eigenvalue weighted by Gasteiger charge is -2.11. The van der Waals surface area contributed by atoms with Gasteiger partial charge in [-0.05, 0) is 36.8 Å². The van der Waals surface area contributed by atoms with Crippen molar-refractivity contribution in [3.05, 3.63) is 69.3 Å². The minimum Gasteiger partial charge on any atom is -0.272 e. The van der Waals surface area contributed by atoms with Crippen LogP contribution in [0.1, 0.15) is 28.8 Å². The highest BCUT2D eigenvalue weighted by Crippen LogP contribution is 2.35. The van der Waals surface area contributed by atoms with E-state index in [0.29, 0.717) is 17.5 Å². The predicted octanol–water partition coefficient (Wildman–Crippen LogP) is 4.31. The summed E-state index contributed by atoms with van der Waals surface area (Å²) < 4.78 is 3.67. The van der Waals surface area contributed by atoms with Gasteiger partial charge in [0, 0.05) is 10.6 Å². The van der Waals surface area contributed by atoms with Gasteiger partial charge in [-0.3, -0.25) is 9.36 Å². The first-order chi connectivity index (χ1) is 13.8. The highest BCUT2D eigenvalue weighted by Gasteiger charge is 2.24. The topological polar surface area (TPSA) is 52.2 Å². The van der Waals surface area contributed by atoms with Crippen LogP contribution in [-0.2, 0) is 19.4 Å². The molecule has 3 heterocycles. The van der Waals surface area contributed by atoms with E-state index in [0.717, 1.165) is 40.8 Å². The molecule has 0 amide bonds. The average Bonchev–Trinajstić information content (AvgIpc) is 3.32. The fourth-order valence-electron chi connectivity index (χ4n) is 3.85. The lowest BCUT2D eigenvalue weighted by molar-refractivity contribution is 0.698. The molecule has 1 aliphatic rings. The SMILES string of the molecule is C=CCSc1nc2n(Cc3ccccc3)c(=O)c3c4c(sc3n2n1)CCCC4. The van der Waals surface area contributed by atoms with Gasteiger partial charge in [0.05, 0.1) is 11.9 Å². The lowest BCUT2D eigenvalue weighted by Crippen LogP contribution is -2.24. The summed E-state index contributed by atoms with van der Waals surface area (Å²) in [6.45, 7) is 4.27. The van der Waals surface area contributed by atoms with Gasteiger partial charge in [-0.1, -0.05) is 48.2 Å². The lowest BCUT2D eigenvalue weighted by atomic mass is 9.97. The van der Waals surface area contributed by atoms with Crippen LogP contribution in [0.25, 0.3) is 16.0 Å². The van der Waals surface area contributed by atoms with Crippen molar-refractivity contribution in [2.45, 2.75) is 37.4 Å². The van der Waals surface area contributed by atoms with Crippen LogP contribution >= 0.6 is 23.1 Å². The summed E-state index contributed by atoms with van der Waals surface area (Å²) in [5.41, 5.74) is 2.37. The number of thioether (sulfide) groups is 1. The summed E-state index contributed by atoms with van der Waals surface area (Å²) in [6, 6.07) is 10.1. The zero-order valence-electron chi connectivity index (χ0n) is 15.4. The van der Waals surface area contributed by atoms with Gasteiger partial charge in [0.1, 0.15) is 4.83 Å². The first-order valence-electron chi connectivity index (χ1n) is 9.47. The van der Waals surface area contributed by atoms with E-state index in [-0.39, 0.29) is 5.56 Å². The molecule has 0 atom stereocenters. The molecule has 1 aliphatic carbocycles. The largest absolute Gasteiger partial charge is 0.272 e. The molecule has 0 N–H and O–H groups in total. The van der Waals surface area contributed by atoms with E-state index in [1.807, 2.05) is 40.9 Å². The minimum atomic E-state index is 0.0541. The molecule has 0 aliphatic heterocycles. The molecule has 3 aromatic heterocycles. The van der Waals surface area contributed by atoms with Crippen LogP contribution < -0.4 is 5.56 Å². The molecule has 0 radical (unpaired) electrons. The van der Waals surface area contributed by atoms with Gasteiger partial charge in [0.15, 0.2) is 0 Å². The Morgan fingerprint density at radius 3 is 2.86 bits per heavy atom. The maximum absolute atomic E-state index is 13.6. The fourth-order valence-corrected chi connectivity index (χ4v) is 5.73. The summed E-state index contributed by atoms with van der Waals surface area (Å²) in [7, 11) is 0. The van der Waals surface area contributed by atoms with Gasteiger partial charge < -0.3 is 0 Å². The van der Waals surface area contributed by atoms with Gasteiger partial charge in [-0.15, -0.1) is 23.0 Å². The number of aromatic nitrogens is 4. The molecule has 0 unspecified atom stereocenters. The Balaban J connectivity index is 1.79. The number of hydrogen-bond donors (Lipinski definition) is 0. The molecule has 0 fully saturated rings. The number of aryl methyl sites for hydroxylation is 2. The first-order valence-corrected chi connectivity index (χ1v) is 11.3. The van der Waals surface area contributed by atoms with Crippen molar-refractivity contribution in [1.82, 2.24) is 19.2 Å². The van der Waals surface area contributed by atoms with Crippen LogP contribution in [0, 0.1) is 0 Å². The van der Waals surface area contributed by atoms with E-state index in [1.54, 1.807) is 15.9 Å². The van der Waals surface area contributed by atoms with Gasteiger partial charge in [0.2, 0.25) is 10.9 Å². The maximum atomic E-state index is 13.6. The molecule has 0 spiro atoms. The van der Waals surface area contributed by atoms with Gasteiger partial charge in [0.25, 0.3) is 5.56 Å². The molecular weight excluding hydrogens is 388 g/mol. The van der Waals surface area contributed by atoms with Crippen LogP contribution in [0.2, 0.25) is 0 Å². The molecule has 5 rings (SSSR count). The molecule has 7 heteroatoms. The number of hydrogen-bond acceptors (Lipinski definition) is 5. The smallest absolute Gasteiger partial charge is 0.264 e. The Kier molecular flexibility index (Phi) is 4.56. The molecule has 5 nitrogen and oxygen atoms in total.